The van der Waals surface area contributed by atoms with E-state index in [1.165, 1.54) is 0 Å². The van der Waals surface area contributed by atoms with Gasteiger partial charge >= 0.3 is 0 Å². The van der Waals surface area contributed by atoms with Crippen LogP contribution in [0.25, 0.3) is 0 Å². The number of sulfonamides is 1. The van der Waals surface area contributed by atoms with E-state index in [9.17, 15) is 8.42 Å². The van der Waals surface area contributed by atoms with Gasteiger partial charge in [-0.1, -0.05) is 5.16 Å². The molecule has 1 aromatic rings. The molecule has 0 amide bonds. The highest BCUT2D eigenvalue weighted by molar-refractivity contribution is 7.88. The van der Waals surface area contributed by atoms with E-state index in [1.807, 2.05) is 0 Å². The van der Waals surface area contributed by atoms with Gasteiger partial charge in [0.15, 0.2) is 0 Å². The topological polar surface area (TPSA) is 93.5 Å². The second-order valence-electron chi connectivity index (χ2n) is 4.90. The molecule has 0 unspecified atom stereocenters. The number of aryl methyl sites for hydroxylation is 1. The highest BCUT2D eigenvalue weighted by Crippen LogP contribution is 2.07. The van der Waals surface area contributed by atoms with Crippen molar-refractivity contribution >= 4 is 10.0 Å². The van der Waals surface area contributed by atoms with Gasteiger partial charge in [0.2, 0.25) is 10.0 Å². The van der Waals surface area contributed by atoms with Crippen LogP contribution in [-0.4, -0.2) is 45.9 Å². The summed E-state index contributed by atoms with van der Waals surface area (Å²) in [4.78, 5) is 0. The maximum atomic E-state index is 11.8. The van der Waals surface area contributed by atoms with Gasteiger partial charge in [-0.3, -0.25) is 0 Å². The van der Waals surface area contributed by atoms with E-state index in [-0.39, 0.29) is 18.4 Å². The number of piperidine rings is 1. The fraction of sp³-hybridized carbons (Fsp3) is 0.750. The normalized spacial score (nSPS) is 17.4. The SMILES string of the molecule is Cc1cc(CS(=O)(=O)NCCOC2CCNCC2)no1. The van der Waals surface area contributed by atoms with Gasteiger partial charge in [-0.15, -0.1) is 0 Å². The van der Waals surface area contributed by atoms with Gasteiger partial charge < -0.3 is 14.6 Å². The van der Waals surface area contributed by atoms with Crippen molar-refractivity contribution in [3.05, 3.63) is 17.5 Å². The van der Waals surface area contributed by atoms with Gasteiger partial charge in [0.05, 0.1) is 12.7 Å². The zero-order valence-electron chi connectivity index (χ0n) is 11.6. The van der Waals surface area contributed by atoms with Crippen LogP contribution >= 0.6 is 0 Å². The number of hydrogen-bond acceptors (Lipinski definition) is 6. The molecule has 2 heterocycles. The second kappa shape index (κ2) is 7.16. The third-order valence-corrected chi connectivity index (χ3v) is 4.40. The average molecular weight is 303 g/mol. The lowest BCUT2D eigenvalue weighted by atomic mass is 10.1. The van der Waals surface area contributed by atoms with Crippen molar-refractivity contribution in [2.24, 2.45) is 0 Å². The molecule has 1 fully saturated rings. The summed E-state index contributed by atoms with van der Waals surface area (Å²) < 4.78 is 36.6. The van der Waals surface area contributed by atoms with Gasteiger partial charge in [-0.25, -0.2) is 13.1 Å². The van der Waals surface area contributed by atoms with Gasteiger partial charge in [-0.05, 0) is 32.9 Å². The molecule has 1 saturated heterocycles. The molecule has 0 aliphatic carbocycles. The molecule has 0 aromatic carbocycles. The maximum Gasteiger partial charge on any atom is 0.217 e. The Labute approximate surface area is 119 Å². The third kappa shape index (κ3) is 5.20. The summed E-state index contributed by atoms with van der Waals surface area (Å²) >= 11 is 0. The molecule has 0 bridgehead atoms. The molecule has 0 atom stereocenters. The first-order valence-corrected chi connectivity index (χ1v) is 8.42. The number of aromatic nitrogens is 1. The molecule has 0 saturated carbocycles. The van der Waals surface area contributed by atoms with Crippen LogP contribution in [0.2, 0.25) is 0 Å². The molecular weight excluding hydrogens is 282 g/mol. The van der Waals surface area contributed by atoms with Gasteiger partial charge in [-0.2, -0.15) is 0 Å². The number of hydrogen-bond donors (Lipinski definition) is 2. The van der Waals surface area contributed by atoms with Crippen LogP contribution in [0.5, 0.6) is 0 Å². The number of ether oxygens (including phenoxy) is 1. The summed E-state index contributed by atoms with van der Waals surface area (Å²) in [5, 5.41) is 6.92. The first-order valence-electron chi connectivity index (χ1n) is 6.77. The zero-order valence-corrected chi connectivity index (χ0v) is 12.4. The van der Waals surface area contributed by atoms with Gasteiger partial charge in [0, 0.05) is 12.6 Å². The van der Waals surface area contributed by atoms with Crippen molar-refractivity contribution in [1.29, 1.82) is 0 Å². The minimum absolute atomic E-state index is 0.169. The lowest BCUT2D eigenvalue weighted by Crippen LogP contribution is -2.35. The first kappa shape index (κ1) is 15.4. The standard InChI is InChI=1S/C12H21N3O4S/c1-10-8-11(15-19-10)9-20(16,17)14-6-7-18-12-2-4-13-5-3-12/h8,12-14H,2-7,9H2,1H3. The van der Waals surface area contributed by atoms with Crippen LogP contribution in [0.3, 0.4) is 0 Å². The Kier molecular flexibility index (Phi) is 5.53. The van der Waals surface area contributed by atoms with Gasteiger partial charge in [0.1, 0.15) is 17.2 Å². The molecule has 2 N–H and O–H groups in total. The number of nitrogens with one attached hydrogen (secondary N) is 2. The summed E-state index contributed by atoms with van der Waals surface area (Å²) in [6, 6.07) is 1.62. The quantitative estimate of drug-likeness (QED) is 0.698. The zero-order chi connectivity index (χ0) is 14.4. The predicted octanol–water partition coefficient (Wildman–Crippen LogP) is 0.171. The molecule has 7 nitrogen and oxygen atoms in total. The molecule has 1 aliphatic rings. The van der Waals surface area contributed by atoms with Gasteiger partial charge in [0.25, 0.3) is 0 Å². The molecule has 1 aliphatic heterocycles. The lowest BCUT2D eigenvalue weighted by Gasteiger charge is -2.22. The Morgan fingerprint density at radius 1 is 1.50 bits per heavy atom. The fourth-order valence-corrected chi connectivity index (χ4v) is 3.14. The van der Waals surface area contributed by atoms with Crippen LogP contribution in [-0.2, 0) is 20.5 Å². The fourth-order valence-electron chi connectivity index (χ4n) is 2.12. The number of rotatable bonds is 7. The lowest BCUT2D eigenvalue weighted by molar-refractivity contribution is 0.0366. The highest BCUT2D eigenvalue weighted by Gasteiger charge is 2.16. The molecule has 20 heavy (non-hydrogen) atoms. The molecule has 114 valence electrons. The van der Waals surface area contributed by atoms with E-state index in [4.69, 9.17) is 9.26 Å². The monoisotopic (exact) mass is 303 g/mol. The van der Waals surface area contributed by atoms with Crippen LogP contribution in [0.1, 0.15) is 24.3 Å². The van der Waals surface area contributed by atoms with Crippen molar-refractivity contribution in [3.63, 3.8) is 0 Å². The Balaban J connectivity index is 1.67. The van der Waals surface area contributed by atoms with E-state index < -0.39 is 10.0 Å². The largest absolute Gasteiger partial charge is 0.377 e. The Bertz CT molecular complexity index is 509. The summed E-state index contributed by atoms with van der Waals surface area (Å²) in [5.74, 6) is 0.432. The van der Waals surface area contributed by atoms with Crippen molar-refractivity contribution < 1.29 is 17.7 Å². The molecular formula is C12H21N3O4S. The first-order chi connectivity index (χ1) is 9.55. The molecule has 1 aromatic heterocycles. The van der Waals surface area contributed by atoms with Crippen molar-refractivity contribution in [2.45, 2.75) is 31.6 Å². The molecule has 0 spiro atoms. The molecule has 2 rings (SSSR count). The van der Waals surface area contributed by atoms with E-state index in [2.05, 4.69) is 15.2 Å². The van der Waals surface area contributed by atoms with Crippen LogP contribution < -0.4 is 10.0 Å². The third-order valence-electron chi connectivity index (χ3n) is 3.08. The summed E-state index contributed by atoms with van der Waals surface area (Å²) in [7, 11) is -3.39. The van der Waals surface area contributed by atoms with E-state index in [0.717, 1.165) is 25.9 Å². The second-order valence-corrected chi connectivity index (χ2v) is 6.71. The minimum atomic E-state index is -3.39. The van der Waals surface area contributed by atoms with Crippen molar-refractivity contribution in [2.75, 3.05) is 26.2 Å². The summed E-state index contributed by atoms with van der Waals surface area (Å²) in [5.41, 5.74) is 0.411. The number of nitrogens with zero attached hydrogens (tertiary/aromatic N) is 1. The Hall–Kier alpha value is -0.960. The molecule has 0 radical (unpaired) electrons. The van der Waals surface area contributed by atoms with E-state index in [0.29, 0.717) is 18.1 Å². The van der Waals surface area contributed by atoms with Crippen molar-refractivity contribution in [3.8, 4) is 0 Å². The summed E-state index contributed by atoms with van der Waals surface area (Å²) in [6.07, 6.45) is 2.19. The minimum Gasteiger partial charge on any atom is -0.377 e. The van der Waals surface area contributed by atoms with Crippen LogP contribution in [0.15, 0.2) is 10.6 Å². The Morgan fingerprint density at radius 3 is 2.90 bits per heavy atom. The Morgan fingerprint density at radius 2 is 2.25 bits per heavy atom. The van der Waals surface area contributed by atoms with Crippen molar-refractivity contribution in [1.82, 2.24) is 15.2 Å². The smallest absolute Gasteiger partial charge is 0.217 e. The highest BCUT2D eigenvalue weighted by atomic mass is 32.2. The average Bonchev–Trinajstić information content (AvgIpc) is 2.80. The maximum absolute atomic E-state index is 11.8. The predicted molar refractivity (Wildman–Crippen MR) is 73.7 cm³/mol. The van der Waals surface area contributed by atoms with Crippen LogP contribution in [0.4, 0.5) is 0 Å². The van der Waals surface area contributed by atoms with Crippen LogP contribution in [0, 0.1) is 6.92 Å². The van der Waals surface area contributed by atoms with E-state index in [1.54, 1.807) is 13.0 Å². The molecule has 8 heteroatoms. The van der Waals surface area contributed by atoms with E-state index >= 15 is 0 Å². The summed E-state index contributed by atoms with van der Waals surface area (Å²) in [6.45, 7) is 4.32.